The standard InChI is InChI=1S/C13H16FN3OS/c1-8(2)12(15)13-16-11(17-18-13)7-19-10-6-4-3-5-9(10)14/h3-6,8,12H,7,15H2,1-2H3/t12-/m0/s1. The van der Waals surface area contributed by atoms with E-state index in [1.165, 1.54) is 17.8 Å². The van der Waals surface area contributed by atoms with Crippen LogP contribution in [0.4, 0.5) is 4.39 Å². The lowest BCUT2D eigenvalue weighted by Crippen LogP contribution is -2.17. The fourth-order valence-electron chi connectivity index (χ4n) is 1.45. The van der Waals surface area contributed by atoms with Crippen LogP contribution in [0.25, 0.3) is 0 Å². The van der Waals surface area contributed by atoms with Crippen LogP contribution in [0.3, 0.4) is 0 Å². The molecule has 0 radical (unpaired) electrons. The van der Waals surface area contributed by atoms with E-state index in [0.717, 1.165) is 0 Å². The van der Waals surface area contributed by atoms with E-state index in [2.05, 4.69) is 10.1 Å². The summed E-state index contributed by atoms with van der Waals surface area (Å²) in [6.07, 6.45) is 0. The monoisotopic (exact) mass is 281 g/mol. The molecule has 2 aromatic rings. The summed E-state index contributed by atoms with van der Waals surface area (Å²) in [6.45, 7) is 3.98. The van der Waals surface area contributed by atoms with Crippen molar-refractivity contribution in [1.82, 2.24) is 10.1 Å². The topological polar surface area (TPSA) is 64.9 Å². The molecule has 0 fully saturated rings. The molecule has 2 rings (SSSR count). The maximum absolute atomic E-state index is 13.4. The molecule has 6 heteroatoms. The molecule has 0 saturated carbocycles. The molecule has 1 atom stereocenters. The highest BCUT2D eigenvalue weighted by atomic mass is 32.2. The number of halogens is 1. The lowest BCUT2D eigenvalue weighted by molar-refractivity contribution is 0.323. The number of hydrogen-bond donors (Lipinski definition) is 1. The second kappa shape index (κ2) is 6.16. The summed E-state index contributed by atoms with van der Waals surface area (Å²) in [7, 11) is 0. The quantitative estimate of drug-likeness (QED) is 0.853. The zero-order valence-corrected chi connectivity index (χ0v) is 11.7. The van der Waals surface area contributed by atoms with Crippen molar-refractivity contribution >= 4 is 11.8 Å². The maximum Gasteiger partial charge on any atom is 0.243 e. The third kappa shape index (κ3) is 3.54. The van der Waals surface area contributed by atoms with Crippen LogP contribution in [-0.2, 0) is 5.75 Å². The Morgan fingerprint density at radius 2 is 2.11 bits per heavy atom. The van der Waals surface area contributed by atoms with Gasteiger partial charge in [-0.3, -0.25) is 0 Å². The molecule has 2 N–H and O–H groups in total. The number of nitrogens with two attached hydrogens (primary N) is 1. The zero-order valence-electron chi connectivity index (χ0n) is 10.8. The molecule has 1 aromatic carbocycles. The van der Waals surface area contributed by atoms with Crippen LogP contribution < -0.4 is 5.73 Å². The molecular formula is C13H16FN3OS. The minimum Gasteiger partial charge on any atom is -0.338 e. The summed E-state index contributed by atoms with van der Waals surface area (Å²) in [5.74, 6) is 1.40. The van der Waals surface area contributed by atoms with E-state index in [-0.39, 0.29) is 17.8 Å². The molecule has 1 heterocycles. The molecule has 102 valence electrons. The van der Waals surface area contributed by atoms with Crippen molar-refractivity contribution in [2.24, 2.45) is 11.7 Å². The van der Waals surface area contributed by atoms with Crippen molar-refractivity contribution in [3.8, 4) is 0 Å². The number of rotatable bonds is 5. The van der Waals surface area contributed by atoms with E-state index in [0.29, 0.717) is 22.4 Å². The van der Waals surface area contributed by atoms with E-state index in [1.54, 1.807) is 18.2 Å². The Morgan fingerprint density at radius 3 is 2.79 bits per heavy atom. The Hall–Kier alpha value is -1.40. The molecule has 0 aliphatic heterocycles. The van der Waals surface area contributed by atoms with E-state index >= 15 is 0 Å². The summed E-state index contributed by atoms with van der Waals surface area (Å²) in [5.41, 5.74) is 5.92. The number of hydrogen-bond acceptors (Lipinski definition) is 5. The van der Waals surface area contributed by atoms with Crippen LogP contribution in [0.15, 0.2) is 33.7 Å². The zero-order chi connectivity index (χ0) is 13.8. The maximum atomic E-state index is 13.4. The molecule has 1 aromatic heterocycles. The van der Waals surface area contributed by atoms with Crippen LogP contribution in [0.1, 0.15) is 31.6 Å². The predicted octanol–water partition coefficient (Wildman–Crippen LogP) is 3.16. The van der Waals surface area contributed by atoms with E-state index in [4.69, 9.17) is 10.3 Å². The van der Waals surface area contributed by atoms with Gasteiger partial charge in [-0.05, 0) is 18.1 Å². The summed E-state index contributed by atoms with van der Waals surface area (Å²) in [4.78, 5) is 4.80. The first-order valence-electron chi connectivity index (χ1n) is 6.03. The summed E-state index contributed by atoms with van der Waals surface area (Å²) >= 11 is 1.33. The number of thioether (sulfide) groups is 1. The van der Waals surface area contributed by atoms with Crippen molar-refractivity contribution in [2.75, 3.05) is 0 Å². The van der Waals surface area contributed by atoms with Crippen molar-refractivity contribution in [3.05, 3.63) is 41.8 Å². The van der Waals surface area contributed by atoms with Crippen LogP contribution in [0.5, 0.6) is 0 Å². The minimum atomic E-state index is -0.264. The smallest absolute Gasteiger partial charge is 0.243 e. The normalized spacial score (nSPS) is 12.9. The van der Waals surface area contributed by atoms with Gasteiger partial charge in [0, 0.05) is 4.90 Å². The average molecular weight is 281 g/mol. The Labute approximate surface area is 115 Å². The van der Waals surface area contributed by atoms with Gasteiger partial charge in [0.05, 0.1) is 11.8 Å². The fraction of sp³-hybridized carbons (Fsp3) is 0.385. The minimum absolute atomic E-state index is 0.229. The number of aromatic nitrogens is 2. The molecule has 0 saturated heterocycles. The van der Waals surface area contributed by atoms with Crippen molar-refractivity contribution in [3.63, 3.8) is 0 Å². The van der Waals surface area contributed by atoms with E-state index < -0.39 is 0 Å². The first-order valence-corrected chi connectivity index (χ1v) is 7.02. The van der Waals surface area contributed by atoms with Crippen LogP contribution in [-0.4, -0.2) is 10.1 Å². The molecule has 0 spiro atoms. The first-order chi connectivity index (χ1) is 9.08. The molecule has 0 bridgehead atoms. The predicted molar refractivity (Wildman–Crippen MR) is 72.0 cm³/mol. The number of nitrogens with zero attached hydrogens (tertiary/aromatic N) is 2. The van der Waals surface area contributed by atoms with Crippen molar-refractivity contribution in [2.45, 2.75) is 30.5 Å². The van der Waals surface area contributed by atoms with E-state index in [9.17, 15) is 4.39 Å². The van der Waals surface area contributed by atoms with Crippen molar-refractivity contribution < 1.29 is 8.91 Å². The van der Waals surface area contributed by atoms with Crippen LogP contribution >= 0.6 is 11.8 Å². The Balaban J connectivity index is 1.99. The second-order valence-corrected chi connectivity index (χ2v) is 5.55. The molecule has 19 heavy (non-hydrogen) atoms. The molecular weight excluding hydrogens is 265 g/mol. The summed E-state index contributed by atoms with van der Waals surface area (Å²) < 4.78 is 18.5. The Morgan fingerprint density at radius 1 is 1.37 bits per heavy atom. The van der Waals surface area contributed by atoms with E-state index in [1.807, 2.05) is 13.8 Å². The Kier molecular flexibility index (Phi) is 4.55. The molecule has 4 nitrogen and oxygen atoms in total. The third-order valence-corrected chi connectivity index (χ3v) is 3.73. The van der Waals surface area contributed by atoms with Gasteiger partial charge in [-0.15, -0.1) is 11.8 Å². The summed E-state index contributed by atoms with van der Waals surface area (Å²) in [5, 5.41) is 3.86. The SMILES string of the molecule is CC(C)[C@H](N)c1nc(CSc2ccccc2F)no1. The highest BCUT2D eigenvalue weighted by Crippen LogP contribution is 2.25. The van der Waals surface area contributed by atoms with Gasteiger partial charge in [-0.25, -0.2) is 4.39 Å². The van der Waals surface area contributed by atoms with Gasteiger partial charge >= 0.3 is 0 Å². The van der Waals surface area contributed by atoms with Gasteiger partial charge in [-0.2, -0.15) is 4.98 Å². The fourth-order valence-corrected chi connectivity index (χ4v) is 2.23. The largest absolute Gasteiger partial charge is 0.338 e. The highest BCUT2D eigenvalue weighted by Gasteiger charge is 2.18. The van der Waals surface area contributed by atoms with Crippen LogP contribution in [0, 0.1) is 11.7 Å². The Bertz CT molecular complexity index is 544. The highest BCUT2D eigenvalue weighted by molar-refractivity contribution is 7.98. The van der Waals surface area contributed by atoms with Crippen molar-refractivity contribution in [1.29, 1.82) is 0 Å². The summed E-state index contributed by atoms with van der Waals surface area (Å²) in [6, 6.07) is 6.34. The van der Waals surface area contributed by atoms with Gasteiger partial charge < -0.3 is 10.3 Å². The van der Waals surface area contributed by atoms with Gasteiger partial charge in [0.15, 0.2) is 5.82 Å². The lowest BCUT2D eigenvalue weighted by atomic mass is 10.1. The second-order valence-electron chi connectivity index (χ2n) is 4.54. The van der Waals surface area contributed by atoms with Crippen LogP contribution in [0.2, 0.25) is 0 Å². The molecule has 0 aliphatic carbocycles. The molecule has 0 amide bonds. The van der Waals surface area contributed by atoms with Gasteiger partial charge in [0.25, 0.3) is 0 Å². The van der Waals surface area contributed by atoms with Gasteiger partial charge in [0.1, 0.15) is 5.82 Å². The van der Waals surface area contributed by atoms with Gasteiger partial charge in [0.2, 0.25) is 5.89 Å². The third-order valence-electron chi connectivity index (χ3n) is 2.68. The first kappa shape index (κ1) is 14.0. The molecule has 0 unspecified atom stereocenters. The lowest BCUT2D eigenvalue weighted by Gasteiger charge is -2.09. The number of benzene rings is 1. The average Bonchev–Trinajstić information content (AvgIpc) is 2.85. The molecule has 0 aliphatic rings. The van der Waals surface area contributed by atoms with Gasteiger partial charge in [-0.1, -0.05) is 31.1 Å².